The molecule has 0 N–H and O–H groups in total. The Hall–Kier alpha value is -2.10. The highest BCUT2D eigenvalue weighted by molar-refractivity contribution is 7.89. The topological polar surface area (TPSA) is 76.2 Å². The lowest BCUT2D eigenvalue weighted by molar-refractivity contribution is 0.0689. The maximum atomic E-state index is 13.3. The first-order chi connectivity index (χ1) is 16.9. The maximum Gasteiger partial charge on any atom is 0.263 e. The number of carbonyl (C=O) groups is 1. The summed E-state index contributed by atoms with van der Waals surface area (Å²) in [7, 11) is -0.620. The molecule has 7 nitrogen and oxygen atoms in total. The van der Waals surface area contributed by atoms with Gasteiger partial charge >= 0.3 is 0 Å². The van der Waals surface area contributed by atoms with Gasteiger partial charge in [-0.2, -0.15) is 4.31 Å². The molecule has 0 saturated carbocycles. The van der Waals surface area contributed by atoms with Gasteiger partial charge in [0.05, 0.1) is 19.1 Å². The number of ether oxygens (including phenoxy) is 2. The van der Waals surface area contributed by atoms with Crippen molar-refractivity contribution in [3.05, 3.63) is 40.6 Å². The predicted molar refractivity (Wildman–Crippen MR) is 138 cm³/mol. The third-order valence-corrected chi connectivity index (χ3v) is 10.2. The summed E-state index contributed by atoms with van der Waals surface area (Å²) < 4.78 is 38.7. The third-order valence-electron chi connectivity index (χ3n) is 7.42. The van der Waals surface area contributed by atoms with Gasteiger partial charge in [0.25, 0.3) is 5.91 Å². The molecule has 0 aliphatic carbocycles. The molecule has 2 aliphatic heterocycles. The van der Waals surface area contributed by atoms with Crippen LogP contribution in [0.2, 0.25) is 0 Å². The highest BCUT2D eigenvalue weighted by Gasteiger charge is 2.32. The molecule has 3 heterocycles. The van der Waals surface area contributed by atoms with Crippen LogP contribution < -0.4 is 9.47 Å². The molecular formula is C26H36N2O5S2. The van der Waals surface area contributed by atoms with Crippen molar-refractivity contribution in [2.45, 2.75) is 49.8 Å². The van der Waals surface area contributed by atoms with E-state index in [0.717, 1.165) is 50.1 Å². The molecule has 2 saturated heterocycles. The molecule has 0 unspecified atom stereocenters. The molecule has 1 aromatic carbocycles. The van der Waals surface area contributed by atoms with Crippen LogP contribution in [0, 0.1) is 11.8 Å². The average Bonchev–Trinajstić information content (AvgIpc) is 3.44. The molecule has 4 rings (SSSR count). The first-order valence-corrected chi connectivity index (χ1v) is 14.8. The van der Waals surface area contributed by atoms with Gasteiger partial charge in [-0.25, -0.2) is 8.42 Å². The molecule has 0 bridgehead atoms. The van der Waals surface area contributed by atoms with Crippen molar-refractivity contribution in [1.29, 1.82) is 0 Å². The van der Waals surface area contributed by atoms with Gasteiger partial charge in [0.2, 0.25) is 10.0 Å². The van der Waals surface area contributed by atoms with Gasteiger partial charge < -0.3 is 14.4 Å². The van der Waals surface area contributed by atoms with Crippen molar-refractivity contribution in [1.82, 2.24) is 9.21 Å². The van der Waals surface area contributed by atoms with E-state index in [0.29, 0.717) is 36.4 Å². The van der Waals surface area contributed by atoms with Gasteiger partial charge in [-0.3, -0.25) is 4.79 Å². The largest absolute Gasteiger partial charge is 0.497 e. The van der Waals surface area contributed by atoms with Crippen LogP contribution in [0.15, 0.2) is 40.6 Å². The second-order valence-corrected chi connectivity index (χ2v) is 12.4. The zero-order chi connectivity index (χ0) is 24.8. The van der Waals surface area contributed by atoms with E-state index in [9.17, 15) is 13.2 Å². The second-order valence-electron chi connectivity index (χ2n) is 9.51. The Morgan fingerprint density at radius 3 is 2.20 bits per heavy atom. The number of nitrogens with zero attached hydrogens (tertiary/aromatic N) is 2. The summed E-state index contributed by atoms with van der Waals surface area (Å²) in [6, 6.07) is 8.72. The molecule has 0 radical (unpaired) electrons. The average molecular weight is 521 g/mol. The summed E-state index contributed by atoms with van der Waals surface area (Å²) >= 11 is 1.51. The van der Waals surface area contributed by atoms with Gasteiger partial charge in [-0.1, -0.05) is 25.3 Å². The van der Waals surface area contributed by atoms with Crippen molar-refractivity contribution in [3.8, 4) is 11.5 Å². The number of sulfonamides is 1. The smallest absolute Gasteiger partial charge is 0.263 e. The Kier molecular flexibility index (Phi) is 8.73. The van der Waals surface area contributed by atoms with Crippen molar-refractivity contribution in [2.75, 3.05) is 40.4 Å². The van der Waals surface area contributed by atoms with Gasteiger partial charge in [0.15, 0.2) is 0 Å². The fourth-order valence-corrected chi connectivity index (χ4v) is 7.57. The summed E-state index contributed by atoms with van der Waals surface area (Å²) in [5.74, 6) is 2.27. The molecule has 2 aliphatic rings. The van der Waals surface area contributed by atoms with Crippen LogP contribution in [-0.4, -0.2) is 63.9 Å². The number of hydrogen-bond donors (Lipinski definition) is 0. The van der Waals surface area contributed by atoms with E-state index in [4.69, 9.17) is 9.47 Å². The molecular weight excluding hydrogens is 484 g/mol. The Morgan fingerprint density at radius 2 is 1.63 bits per heavy atom. The third kappa shape index (κ3) is 6.19. The van der Waals surface area contributed by atoms with Gasteiger partial charge in [0.1, 0.15) is 16.4 Å². The van der Waals surface area contributed by atoms with Crippen molar-refractivity contribution >= 4 is 27.3 Å². The van der Waals surface area contributed by atoms with Crippen LogP contribution in [0.5, 0.6) is 11.5 Å². The van der Waals surface area contributed by atoms with E-state index in [1.54, 1.807) is 22.5 Å². The monoisotopic (exact) mass is 520 g/mol. The Bertz CT molecular complexity index is 1070. The lowest BCUT2D eigenvalue weighted by Crippen LogP contribution is -2.39. The molecule has 2 fully saturated rings. The molecule has 1 amide bonds. The van der Waals surface area contributed by atoms with Gasteiger partial charge in [-0.05, 0) is 61.1 Å². The lowest BCUT2D eigenvalue weighted by Gasteiger charge is -2.33. The maximum absolute atomic E-state index is 13.3. The molecule has 9 heteroatoms. The van der Waals surface area contributed by atoms with Gasteiger partial charge in [-0.15, -0.1) is 11.3 Å². The number of piperidine rings is 2. The Labute approximate surface area is 213 Å². The molecule has 0 spiro atoms. The normalized spacial score (nSPS) is 18.5. The number of likely N-dealkylation sites (tertiary alicyclic amines) is 1. The van der Waals surface area contributed by atoms with Crippen LogP contribution >= 0.6 is 11.3 Å². The molecule has 2 aromatic rings. The first kappa shape index (κ1) is 26.0. The van der Waals surface area contributed by atoms with Crippen molar-refractivity contribution in [2.24, 2.45) is 11.8 Å². The highest BCUT2D eigenvalue weighted by atomic mass is 32.2. The summed E-state index contributed by atoms with van der Waals surface area (Å²) in [6.07, 6.45) is 7.45. The summed E-state index contributed by atoms with van der Waals surface area (Å²) in [4.78, 5) is 15.5. The first-order valence-electron chi connectivity index (χ1n) is 12.5. The standard InChI is InChI=1S/C26H36N2O5S2/c1-32-22-8-9-23(33-2)25(19-22)35(30,31)28-16-12-21(13-17-28)6-3-5-20-10-14-27(15-11-20)26(29)24-7-4-18-34-24/h4,7-9,18-21H,3,5-6,10-17H2,1-2H3. The number of carbonyl (C=O) groups excluding carboxylic acids is 1. The van der Waals surface area contributed by atoms with Crippen LogP contribution in [0.1, 0.15) is 54.6 Å². The zero-order valence-corrected chi connectivity index (χ0v) is 22.3. The molecule has 192 valence electrons. The molecule has 35 heavy (non-hydrogen) atoms. The highest BCUT2D eigenvalue weighted by Crippen LogP contribution is 2.34. The Balaban J connectivity index is 1.20. The number of amides is 1. The molecule has 1 aromatic heterocycles. The van der Waals surface area contributed by atoms with Crippen LogP contribution in [0.4, 0.5) is 0 Å². The zero-order valence-electron chi connectivity index (χ0n) is 20.6. The van der Waals surface area contributed by atoms with Gasteiger partial charge in [0, 0.05) is 32.2 Å². The van der Waals surface area contributed by atoms with E-state index >= 15 is 0 Å². The summed E-state index contributed by atoms with van der Waals surface area (Å²) in [5.41, 5.74) is 0. The number of rotatable bonds is 9. The minimum atomic E-state index is -3.63. The SMILES string of the molecule is COc1ccc(OC)c(S(=O)(=O)N2CCC(CCCC3CCN(C(=O)c4cccs4)CC3)CC2)c1. The molecule has 0 atom stereocenters. The number of benzene rings is 1. The van der Waals surface area contributed by atoms with Crippen LogP contribution in [0.3, 0.4) is 0 Å². The van der Waals surface area contributed by atoms with Crippen molar-refractivity contribution < 1.29 is 22.7 Å². The number of methoxy groups -OCH3 is 2. The van der Waals surface area contributed by atoms with E-state index < -0.39 is 10.0 Å². The van der Waals surface area contributed by atoms with E-state index in [2.05, 4.69) is 0 Å². The quantitative estimate of drug-likeness (QED) is 0.471. The van der Waals surface area contributed by atoms with E-state index in [-0.39, 0.29) is 10.8 Å². The van der Waals surface area contributed by atoms with Crippen molar-refractivity contribution in [3.63, 3.8) is 0 Å². The Morgan fingerprint density at radius 1 is 0.971 bits per heavy atom. The minimum Gasteiger partial charge on any atom is -0.497 e. The minimum absolute atomic E-state index is 0.168. The van der Waals surface area contributed by atoms with Crippen LogP contribution in [0.25, 0.3) is 0 Å². The number of thiophene rings is 1. The van der Waals surface area contributed by atoms with Crippen LogP contribution in [-0.2, 0) is 10.0 Å². The second kappa shape index (κ2) is 11.8. The summed E-state index contributed by atoms with van der Waals surface area (Å²) in [5, 5.41) is 1.95. The fourth-order valence-electron chi connectivity index (χ4n) is 5.24. The van der Waals surface area contributed by atoms with E-state index in [1.165, 1.54) is 38.4 Å². The van der Waals surface area contributed by atoms with E-state index in [1.807, 2.05) is 22.4 Å². The number of hydrogen-bond acceptors (Lipinski definition) is 6. The lowest BCUT2D eigenvalue weighted by atomic mass is 9.87. The fraction of sp³-hybridized carbons (Fsp3) is 0.577. The summed E-state index contributed by atoms with van der Waals surface area (Å²) in [6.45, 7) is 2.78. The predicted octanol–water partition coefficient (Wildman–Crippen LogP) is 4.89.